The summed E-state index contributed by atoms with van der Waals surface area (Å²) >= 11 is 0. The SMILES string of the molecule is COc1cc2c(cc1-c1ccc(N(C)C3CC(C)(C)NC(C)(C)C3)nn1)CC(=O)N2. The zero-order chi connectivity index (χ0) is 21.7. The van der Waals surface area contributed by atoms with Crippen LogP contribution in [-0.4, -0.2) is 47.4 Å². The number of hydrogen-bond donors (Lipinski definition) is 2. The number of amides is 1. The predicted molar refractivity (Wildman–Crippen MR) is 119 cm³/mol. The van der Waals surface area contributed by atoms with Crippen LogP contribution in [0.25, 0.3) is 11.3 Å². The van der Waals surface area contributed by atoms with Crippen LogP contribution in [0.1, 0.15) is 46.1 Å². The summed E-state index contributed by atoms with van der Waals surface area (Å²) in [5, 5.41) is 15.6. The Morgan fingerprint density at radius 2 is 1.80 bits per heavy atom. The van der Waals surface area contributed by atoms with Crippen molar-refractivity contribution in [3.63, 3.8) is 0 Å². The Morgan fingerprint density at radius 1 is 1.10 bits per heavy atom. The van der Waals surface area contributed by atoms with E-state index in [2.05, 4.69) is 60.5 Å². The molecule has 1 saturated heterocycles. The molecule has 1 fully saturated rings. The molecule has 2 aliphatic rings. The summed E-state index contributed by atoms with van der Waals surface area (Å²) in [6.45, 7) is 9.01. The van der Waals surface area contributed by atoms with Gasteiger partial charge in [-0.15, -0.1) is 10.2 Å². The van der Waals surface area contributed by atoms with Gasteiger partial charge in [0.1, 0.15) is 5.75 Å². The first-order valence-electron chi connectivity index (χ1n) is 10.4. The van der Waals surface area contributed by atoms with Crippen molar-refractivity contribution in [1.29, 1.82) is 0 Å². The summed E-state index contributed by atoms with van der Waals surface area (Å²) in [7, 11) is 3.72. The van der Waals surface area contributed by atoms with Crippen molar-refractivity contribution in [2.45, 2.75) is 64.1 Å². The van der Waals surface area contributed by atoms with Gasteiger partial charge in [0.2, 0.25) is 5.91 Å². The molecule has 0 bridgehead atoms. The van der Waals surface area contributed by atoms with Gasteiger partial charge in [0, 0.05) is 41.5 Å². The minimum atomic E-state index is 0.0000741. The minimum Gasteiger partial charge on any atom is -0.496 e. The number of rotatable bonds is 4. The van der Waals surface area contributed by atoms with Gasteiger partial charge in [-0.25, -0.2) is 0 Å². The molecular weight excluding hydrogens is 378 g/mol. The Hall–Kier alpha value is -2.67. The number of ether oxygens (including phenoxy) is 1. The Kier molecular flexibility index (Phi) is 4.97. The first kappa shape index (κ1) is 20.6. The number of piperidine rings is 1. The molecule has 0 saturated carbocycles. The number of anilines is 2. The summed E-state index contributed by atoms with van der Waals surface area (Å²) in [6, 6.07) is 8.20. The summed E-state index contributed by atoms with van der Waals surface area (Å²) in [5.74, 6) is 1.53. The number of carbonyl (C=O) groups is 1. The molecule has 3 heterocycles. The molecule has 7 heteroatoms. The number of benzene rings is 1. The smallest absolute Gasteiger partial charge is 0.228 e. The molecule has 160 valence electrons. The number of aromatic nitrogens is 2. The lowest BCUT2D eigenvalue weighted by molar-refractivity contribution is -0.115. The third-order valence-corrected chi connectivity index (χ3v) is 6.05. The third-order valence-electron chi connectivity index (χ3n) is 6.05. The lowest BCUT2D eigenvalue weighted by Gasteiger charge is -2.49. The maximum absolute atomic E-state index is 11.7. The molecule has 0 atom stereocenters. The van der Waals surface area contributed by atoms with Crippen molar-refractivity contribution < 1.29 is 9.53 Å². The van der Waals surface area contributed by atoms with E-state index in [-0.39, 0.29) is 17.0 Å². The van der Waals surface area contributed by atoms with Crippen LogP contribution >= 0.6 is 0 Å². The number of nitrogens with zero attached hydrogens (tertiary/aromatic N) is 3. The van der Waals surface area contributed by atoms with E-state index in [1.54, 1.807) is 7.11 Å². The molecule has 2 aliphatic heterocycles. The predicted octanol–water partition coefficient (Wildman–Crippen LogP) is 3.39. The summed E-state index contributed by atoms with van der Waals surface area (Å²) in [4.78, 5) is 14.0. The zero-order valence-electron chi connectivity index (χ0n) is 18.7. The first-order valence-corrected chi connectivity index (χ1v) is 10.4. The molecule has 2 N–H and O–H groups in total. The fraction of sp³-hybridized carbons (Fsp3) is 0.522. The average molecular weight is 410 g/mol. The Balaban J connectivity index is 1.59. The highest BCUT2D eigenvalue weighted by Gasteiger charge is 2.39. The van der Waals surface area contributed by atoms with E-state index in [4.69, 9.17) is 4.74 Å². The topological polar surface area (TPSA) is 79.4 Å². The second-order valence-electron chi connectivity index (χ2n) is 9.78. The molecule has 1 aromatic carbocycles. The highest BCUT2D eigenvalue weighted by molar-refractivity contribution is 6.00. The van der Waals surface area contributed by atoms with Crippen LogP contribution in [0.2, 0.25) is 0 Å². The summed E-state index contributed by atoms with van der Waals surface area (Å²) in [6.07, 6.45) is 2.45. The van der Waals surface area contributed by atoms with Crippen molar-refractivity contribution in [3.05, 3.63) is 29.8 Å². The van der Waals surface area contributed by atoms with Crippen LogP contribution in [0.15, 0.2) is 24.3 Å². The van der Waals surface area contributed by atoms with Crippen LogP contribution < -0.4 is 20.3 Å². The van der Waals surface area contributed by atoms with Crippen LogP contribution in [0.5, 0.6) is 5.75 Å². The van der Waals surface area contributed by atoms with Crippen molar-refractivity contribution >= 4 is 17.4 Å². The largest absolute Gasteiger partial charge is 0.496 e. The van der Waals surface area contributed by atoms with Crippen LogP contribution in [-0.2, 0) is 11.2 Å². The van der Waals surface area contributed by atoms with Crippen molar-refractivity contribution in [2.24, 2.45) is 0 Å². The molecule has 0 radical (unpaired) electrons. The molecule has 30 heavy (non-hydrogen) atoms. The fourth-order valence-corrected chi connectivity index (χ4v) is 5.01. The van der Waals surface area contributed by atoms with E-state index >= 15 is 0 Å². The normalized spacial score (nSPS) is 19.9. The fourth-order valence-electron chi connectivity index (χ4n) is 5.01. The zero-order valence-corrected chi connectivity index (χ0v) is 18.7. The lowest BCUT2D eigenvalue weighted by Crippen LogP contribution is -2.62. The summed E-state index contributed by atoms with van der Waals surface area (Å²) in [5.41, 5.74) is 3.48. The van der Waals surface area contributed by atoms with Gasteiger partial charge in [0.05, 0.1) is 19.2 Å². The van der Waals surface area contributed by atoms with Gasteiger partial charge in [-0.05, 0) is 64.3 Å². The molecule has 1 aromatic heterocycles. The number of fused-ring (bicyclic) bond motifs is 1. The maximum Gasteiger partial charge on any atom is 0.228 e. The number of hydrogen-bond acceptors (Lipinski definition) is 6. The monoisotopic (exact) mass is 409 g/mol. The van der Waals surface area contributed by atoms with E-state index in [1.807, 2.05) is 24.3 Å². The van der Waals surface area contributed by atoms with Crippen LogP contribution in [0.3, 0.4) is 0 Å². The van der Waals surface area contributed by atoms with Crippen LogP contribution in [0, 0.1) is 0 Å². The second-order valence-corrected chi connectivity index (χ2v) is 9.78. The van der Waals surface area contributed by atoms with Gasteiger partial charge >= 0.3 is 0 Å². The van der Waals surface area contributed by atoms with Crippen molar-refractivity contribution in [3.8, 4) is 17.0 Å². The van der Waals surface area contributed by atoms with Gasteiger partial charge in [-0.3, -0.25) is 4.79 Å². The second kappa shape index (κ2) is 7.23. The quantitative estimate of drug-likeness (QED) is 0.806. The van der Waals surface area contributed by atoms with Gasteiger partial charge < -0.3 is 20.3 Å². The van der Waals surface area contributed by atoms with E-state index in [1.165, 1.54) is 0 Å². The lowest BCUT2D eigenvalue weighted by atomic mass is 9.79. The van der Waals surface area contributed by atoms with E-state index in [9.17, 15) is 4.79 Å². The average Bonchev–Trinajstić information content (AvgIpc) is 3.03. The highest BCUT2D eigenvalue weighted by atomic mass is 16.5. The van der Waals surface area contributed by atoms with E-state index < -0.39 is 0 Å². The number of nitrogens with one attached hydrogen (secondary N) is 2. The molecule has 4 rings (SSSR count). The third kappa shape index (κ3) is 3.99. The number of carbonyl (C=O) groups excluding carboxylic acids is 1. The summed E-state index contributed by atoms with van der Waals surface area (Å²) < 4.78 is 5.54. The Morgan fingerprint density at radius 3 is 2.40 bits per heavy atom. The highest BCUT2D eigenvalue weighted by Crippen LogP contribution is 2.37. The molecule has 0 unspecified atom stereocenters. The van der Waals surface area contributed by atoms with E-state index in [0.29, 0.717) is 18.2 Å². The molecule has 7 nitrogen and oxygen atoms in total. The van der Waals surface area contributed by atoms with Crippen LogP contribution in [0.4, 0.5) is 11.5 Å². The number of methoxy groups -OCH3 is 1. The standard InChI is InChI=1S/C23H31N5O2/c1-22(2)12-15(13-23(3,4)27-22)28(5)20-8-7-17(25-26-20)16-9-14-10-21(29)24-18(14)11-19(16)30-6/h7-9,11,15,27H,10,12-13H2,1-6H3,(H,24,29). The van der Waals surface area contributed by atoms with Gasteiger partial charge in [-0.2, -0.15) is 0 Å². The van der Waals surface area contributed by atoms with E-state index in [0.717, 1.165) is 41.2 Å². The molecule has 0 aliphatic carbocycles. The Labute approximate surface area is 178 Å². The first-order chi connectivity index (χ1) is 14.1. The molecule has 1 amide bonds. The van der Waals surface area contributed by atoms with Crippen molar-refractivity contribution in [1.82, 2.24) is 15.5 Å². The molecule has 2 aromatic rings. The van der Waals surface area contributed by atoms with Gasteiger partial charge in [0.25, 0.3) is 0 Å². The molecule has 0 spiro atoms. The van der Waals surface area contributed by atoms with Crippen molar-refractivity contribution in [2.75, 3.05) is 24.4 Å². The van der Waals surface area contributed by atoms with Gasteiger partial charge in [0.15, 0.2) is 5.82 Å². The van der Waals surface area contributed by atoms with Gasteiger partial charge in [-0.1, -0.05) is 0 Å². The molecular formula is C23H31N5O2. The maximum atomic E-state index is 11.7. The minimum absolute atomic E-state index is 0.0000741. The Bertz CT molecular complexity index is 952.